The SMILES string of the molecule is COC12OCC3(C)C4CCC(C)C4(C(Cl)=C(OS(=O)(=O)c4ccc(C)cc4)C31C)C2O[Si](C)(C)C. The van der Waals surface area contributed by atoms with Crippen LogP contribution in [0.2, 0.25) is 19.6 Å². The van der Waals surface area contributed by atoms with Gasteiger partial charge in [-0.15, -0.1) is 0 Å². The van der Waals surface area contributed by atoms with Crippen LogP contribution in [-0.2, 0) is 28.2 Å². The van der Waals surface area contributed by atoms with E-state index in [4.69, 9.17) is 29.7 Å². The first-order chi connectivity index (χ1) is 16.1. The van der Waals surface area contributed by atoms with E-state index in [9.17, 15) is 8.42 Å². The Hall–Kier alpha value is -0.903. The molecule has 1 saturated heterocycles. The Morgan fingerprint density at radius 3 is 2.31 bits per heavy atom. The number of methoxy groups -OCH3 is 1. The molecule has 6 nitrogen and oxygen atoms in total. The minimum atomic E-state index is -4.14. The van der Waals surface area contributed by atoms with Gasteiger partial charge in [-0.05, 0) is 70.3 Å². The summed E-state index contributed by atoms with van der Waals surface area (Å²) in [6, 6.07) is 6.66. The molecule has 0 aromatic heterocycles. The van der Waals surface area contributed by atoms with Crippen LogP contribution in [0.1, 0.15) is 39.2 Å². The van der Waals surface area contributed by atoms with Crippen LogP contribution in [0.15, 0.2) is 40.0 Å². The van der Waals surface area contributed by atoms with Gasteiger partial charge in [0.25, 0.3) is 0 Å². The highest BCUT2D eigenvalue weighted by Gasteiger charge is 2.88. The molecule has 1 spiro atoms. The van der Waals surface area contributed by atoms with E-state index in [0.29, 0.717) is 11.6 Å². The molecule has 9 heteroatoms. The highest BCUT2D eigenvalue weighted by Crippen LogP contribution is 2.82. The molecule has 4 aliphatic carbocycles. The Morgan fingerprint density at radius 1 is 1.11 bits per heavy atom. The number of hydrogen-bond donors (Lipinski definition) is 0. The van der Waals surface area contributed by atoms with Gasteiger partial charge in [0.05, 0.1) is 17.1 Å². The van der Waals surface area contributed by atoms with Gasteiger partial charge in [-0.1, -0.05) is 43.1 Å². The van der Waals surface area contributed by atoms with Gasteiger partial charge < -0.3 is 18.1 Å². The minimum absolute atomic E-state index is 0.0958. The van der Waals surface area contributed by atoms with Crippen LogP contribution in [0.5, 0.6) is 0 Å². The Bertz CT molecular complexity index is 1190. The number of halogens is 1. The van der Waals surface area contributed by atoms with Crippen LogP contribution in [-0.4, -0.2) is 42.3 Å². The topological polar surface area (TPSA) is 71.1 Å². The van der Waals surface area contributed by atoms with Crippen LogP contribution in [0.25, 0.3) is 0 Å². The van der Waals surface area contributed by atoms with Gasteiger partial charge in [0, 0.05) is 17.9 Å². The van der Waals surface area contributed by atoms with Crippen LogP contribution in [0.3, 0.4) is 0 Å². The molecule has 1 heterocycles. The highest BCUT2D eigenvalue weighted by molar-refractivity contribution is 7.86. The average molecular weight is 541 g/mol. The Labute approximate surface area is 215 Å². The molecule has 194 valence electrons. The first-order valence-electron chi connectivity index (χ1n) is 12.4. The van der Waals surface area contributed by atoms with Crippen molar-refractivity contribution in [3.63, 3.8) is 0 Å². The molecule has 0 radical (unpaired) electrons. The summed E-state index contributed by atoms with van der Waals surface area (Å²) in [6.07, 6.45) is 1.48. The van der Waals surface area contributed by atoms with E-state index in [0.717, 1.165) is 18.4 Å². The van der Waals surface area contributed by atoms with Crippen LogP contribution >= 0.6 is 11.6 Å². The average Bonchev–Trinajstić information content (AvgIpc) is 3.21. The van der Waals surface area contributed by atoms with E-state index in [2.05, 4.69) is 33.5 Å². The van der Waals surface area contributed by atoms with Crippen molar-refractivity contribution in [2.75, 3.05) is 13.7 Å². The molecule has 5 aliphatic rings. The summed E-state index contributed by atoms with van der Waals surface area (Å²) in [5, 5.41) is 0.463. The lowest BCUT2D eigenvalue weighted by atomic mass is 9.39. The van der Waals surface area contributed by atoms with Gasteiger partial charge in [0.15, 0.2) is 8.32 Å². The molecule has 2 saturated carbocycles. The third-order valence-electron chi connectivity index (χ3n) is 9.57. The van der Waals surface area contributed by atoms with Gasteiger partial charge in [-0.3, -0.25) is 0 Å². The second-order valence-electron chi connectivity index (χ2n) is 12.3. The first kappa shape index (κ1) is 25.7. The predicted octanol–water partition coefficient (Wildman–Crippen LogP) is 5.82. The Kier molecular flexibility index (Phi) is 5.57. The van der Waals surface area contributed by atoms with E-state index in [1.165, 1.54) is 0 Å². The van der Waals surface area contributed by atoms with Gasteiger partial charge >= 0.3 is 10.1 Å². The number of ether oxygens (including phenoxy) is 2. The lowest BCUT2D eigenvalue weighted by Crippen LogP contribution is -2.77. The summed E-state index contributed by atoms with van der Waals surface area (Å²) >= 11 is 7.35. The lowest BCUT2D eigenvalue weighted by molar-refractivity contribution is -0.337. The number of aryl methyl sites for hydroxylation is 1. The maximum absolute atomic E-state index is 13.6. The highest BCUT2D eigenvalue weighted by atomic mass is 35.5. The van der Waals surface area contributed by atoms with Crippen molar-refractivity contribution >= 4 is 30.0 Å². The van der Waals surface area contributed by atoms with E-state index < -0.39 is 46.6 Å². The molecule has 1 aromatic rings. The molecule has 7 unspecified atom stereocenters. The van der Waals surface area contributed by atoms with Crippen molar-refractivity contribution < 1.29 is 26.5 Å². The standard InChI is InChI=1S/C26H37ClO6SSi/c1-16-9-12-18(13-10-16)34(28,29)32-21-20(27)25-17(2)11-14-19(25)23(3)15-31-26(30-5,24(21,23)4)22(25)33-35(6,7)8/h9-10,12-13,17,19,22H,11,14-15H2,1-8H3. The summed E-state index contributed by atoms with van der Waals surface area (Å²) < 4.78 is 53.1. The minimum Gasteiger partial charge on any atom is -0.408 e. The normalized spacial score (nSPS) is 42.5. The maximum atomic E-state index is 13.6. The lowest BCUT2D eigenvalue weighted by Gasteiger charge is -2.69. The summed E-state index contributed by atoms with van der Waals surface area (Å²) in [7, 11) is -4.60. The van der Waals surface area contributed by atoms with Crippen LogP contribution in [0.4, 0.5) is 0 Å². The Morgan fingerprint density at radius 2 is 1.74 bits per heavy atom. The fraction of sp³-hybridized carbons (Fsp3) is 0.692. The molecule has 0 N–H and O–H groups in total. The van der Waals surface area contributed by atoms with Crippen molar-refractivity contribution in [3.8, 4) is 0 Å². The molecule has 35 heavy (non-hydrogen) atoms. The maximum Gasteiger partial charge on any atom is 0.338 e. The van der Waals surface area contributed by atoms with Gasteiger partial charge in [0.2, 0.25) is 5.79 Å². The zero-order chi connectivity index (χ0) is 25.8. The van der Waals surface area contributed by atoms with Crippen molar-refractivity contribution in [3.05, 3.63) is 40.6 Å². The fourth-order valence-corrected chi connectivity index (χ4v) is 10.6. The molecule has 0 amide bonds. The number of benzene rings is 1. The number of rotatable bonds is 6. The van der Waals surface area contributed by atoms with Gasteiger partial charge in [-0.2, -0.15) is 8.42 Å². The second kappa shape index (κ2) is 7.57. The monoisotopic (exact) mass is 540 g/mol. The summed E-state index contributed by atoms with van der Waals surface area (Å²) in [5.41, 5.74) is -1.09. The van der Waals surface area contributed by atoms with Crippen LogP contribution < -0.4 is 0 Å². The summed E-state index contributed by atoms with van der Waals surface area (Å²) in [4.78, 5) is 0.0958. The van der Waals surface area contributed by atoms with Crippen molar-refractivity contribution in [2.24, 2.45) is 28.1 Å². The van der Waals surface area contributed by atoms with E-state index >= 15 is 0 Å². The van der Waals surface area contributed by atoms with Gasteiger partial charge in [-0.25, -0.2) is 0 Å². The van der Waals surface area contributed by atoms with E-state index in [1.54, 1.807) is 31.4 Å². The molecule has 7 atom stereocenters. The molecule has 3 fully saturated rings. The molecular formula is C26H37ClO6SSi. The zero-order valence-electron chi connectivity index (χ0n) is 21.9. The zero-order valence-corrected chi connectivity index (χ0v) is 24.5. The number of hydrogen-bond acceptors (Lipinski definition) is 6. The molecular weight excluding hydrogens is 504 g/mol. The van der Waals surface area contributed by atoms with Crippen molar-refractivity contribution in [2.45, 2.75) is 77.0 Å². The molecule has 1 aliphatic heterocycles. The fourth-order valence-electron chi connectivity index (χ4n) is 7.77. The summed E-state index contributed by atoms with van der Waals surface area (Å²) in [5.74, 6) is -0.665. The largest absolute Gasteiger partial charge is 0.408 e. The second-order valence-corrected chi connectivity index (χ2v) is 18.7. The van der Waals surface area contributed by atoms with Gasteiger partial charge in [0.1, 0.15) is 16.8 Å². The third kappa shape index (κ3) is 2.95. The van der Waals surface area contributed by atoms with E-state index in [1.807, 2.05) is 13.8 Å². The third-order valence-corrected chi connectivity index (χ3v) is 12.2. The first-order valence-corrected chi connectivity index (χ1v) is 17.6. The van der Waals surface area contributed by atoms with Crippen molar-refractivity contribution in [1.82, 2.24) is 0 Å². The quantitative estimate of drug-likeness (QED) is 0.334. The molecule has 4 bridgehead atoms. The summed E-state index contributed by atoms with van der Waals surface area (Å²) in [6.45, 7) is 15.2. The van der Waals surface area contributed by atoms with E-state index in [-0.39, 0.29) is 22.5 Å². The van der Waals surface area contributed by atoms with Crippen molar-refractivity contribution in [1.29, 1.82) is 0 Å². The smallest absolute Gasteiger partial charge is 0.338 e. The predicted molar refractivity (Wildman–Crippen MR) is 137 cm³/mol. The van der Waals surface area contributed by atoms with Crippen LogP contribution in [0, 0.1) is 35.0 Å². The molecule has 1 aromatic carbocycles. The Balaban J connectivity index is 1.78. The molecule has 6 rings (SSSR count).